The van der Waals surface area contributed by atoms with Crippen LogP contribution in [0.4, 0.5) is 32.9 Å². The van der Waals surface area contributed by atoms with Gasteiger partial charge in [-0.3, -0.25) is 30.2 Å². The Bertz CT molecular complexity index is 2400. The molecule has 0 spiro atoms. The number of unbranched alkanes of at least 4 members (excludes halogenated alkanes) is 2. The summed E-state index contributed by atoms with van der Waals surface area (Å²) in [5.41, 5.74) is 36.0. The van der Waals surface area contributed by atoms with Crippen LogP contribution in [-0.4, -0.2) is 134 Å². The van der Waals surface area contributed by atoms with Crippen molar-refractivity contribution >= 4 is 82.3 Å². The highest BCUT2D eigenvalue weighted by molar-refractivity contribution is 6.32. The number of nitrogens with one attached hydrogen (secondary N) is 6. The Morgan fingerprint density at radius 2 is 0.908 bits per heavy atom. The molecule has 412 valence electrons. The van der Waals surface area contributed by atoms with Gasteiger partial charge in [0, 0.05) is 38.3 Å². The van der Waals surface area contributed by atoms with Crippen molar-refractivity contribution in [1.29, 1.82) is 0 Å². The molecule has 0 atom stereocenters. The van der Waals surface area contributed by atoms with Gasteiger partial charge in [-0.1, -0.05) is 47.5 Å². The standard InChI is InChI=1S/C48H68Cl2N18O8/c49-37-41(53)65-39(51)35(63-37)43(69)67-45(55)57-19-3-1-5-29-7-15-33(16-8-29)75-27-25-73-23-21-59-47(71)61-31-11-13-32(14-12-31)62-48(72)60-22-24-74-26-28-76-34-17-9-30(10-18-34)6-2-4-20-58-46(56)68-44(70)36-40(52)66-42(54)38(50)64-36/h7-10,15-18,31-32H,1-6,11-14,19-28H2,(H4,51,53,65)(H4,52,54,66)(H2,59,61,71)(H2,60,62,72)(H3,55,57,67,69)(H3,56,58,68,70). The number of nitrogens with zero attached hydrogens (tertiary/aromatic N) is 6. The van der Waals surface area contributed by atoms with E-state index < -0.39 is 11.8 Å². The van der Waals surface area contributed by atoms with Gasteiger partial charge < -0.3 is 74.6 Å². The molecule has 5 rings (SSSR count). The predicted octanol–water partition coefficient (Wildman–Crippen LogP) is 2.44. The van der Waals surface area contributed by atoms with Crippen LogP contribution in [0.2, 0.25) is 10.3 Å². The number of urea groups is 2. The Morgan fingerprint density at radius 3 is 1.29 bits per heavy atom. The summed E-state index contributed by atoms with van der Waals surface area (Å²) in [5.74, 6) is -0.585. The molecule has 4 aromatic rings. The van der Waals surface area contributed by atoms with Gasteiger partial charge in [-0.05, 0) is 99.6 Å². The number of hydrogen-bond acceptors (Lipinski definition) is 18. The highest BCUT2D eigenvalue weighted by Gasteiger charge is 2.24. The van der Waals surface area contributed by atoms with E-state index >= 15 is 0 Å². The smallest absolute Gasteiger partial charge is 0.315 e. The van der Waals surface area contributed by atoms with Crippen molar-refractivity contribution in [2.75, 3.05) is 88.8 Å². The zero-order valence-corrected chi connectivity index (χ0v) is 43.6. The Balaban J connectivity index is 0.788. The van der Waals surface area contributed by atoms with E-state index in [4.69, 9.17) is 76.6 Å². The monoisotopic (exact) mass is 1090 g/mol. The van der Waals surface area contributed by atoms with Gasteiger partial charge >= 0.3 is 12.1 Å². The minimum Gasteiger partial charge on any atom is -0.491 e. The molecule has 6 amide bonds. The molecule has 1 aliphatic carbocycles. The van der Waals surface area contributed by atoms with E-state index in [2.05, 4.69) is 61.8 Å². The number of nitrogen functional groups attached to an aromatic ring is 4. The Morgan fingerprint density at radius 1 is 0.526 bits per heavy atom. The second kappa shape index (κ2) is 31.9. The second-order valence-corrected chi connectivity index (χ2v) is 17.9. The number of carbonyl (C=O) groups excluding carboxylic acids is 4. The van der Waals surface area contributed by atoms with Gasteiger partial charge in [0.05, 0.1) is 26.4 Å². The van der Waals surface area contributed by atoms with Crippen LogP contribution < -0.4 is 75.8 Å². The number of amides is 6. The number of benzene rings is 2. The number of ether oxygens (including phenoxy) is 4. The summed E-state index contributed by atoms with van der Waals surface area (Å²) in [5, 5.41) is 16.2. The lowest BCUT2D eigenvalue weighted by molar-refractivity contribution is 0.0964. The lowest BCUT2D eigenvalue weighted by Gasteiger charge is -2.29. The number of aliphatic imine (C=N–C) groups is 2. The average molecular weight is 1100 g/mol. The van der Waals surface area contributed by atoms with Crippen molar-refractivity contribution in [3.05, 3.63) is 81.4 Å². The number of aryl methyl sites for hydroxylation is 2. The molecule has 0 radical (unpaired) electrons. The Labute approximate surface area is 450 Å². The number of rotatable bonds is 28. The summed E-state index contributed by atoms with van der Waals surface area (Å²) in [6.45, 7) is 3.63. The maximum absolute atomic E-state index is 12.5. The molecule has 0 saturated heterocycles. The first-order valence-electron chi connectivity index (χ1n) is 24.7. The van der Waals surface area contributed by atoms with Crippen LogP contribution >= 0.6 is 23.2 Å². The number of hydrogen-bond donors (Lipinski definition) is 12. The quantitative estimate of drug-likeness (QED) is 0.0221. The number of carbonyl (C=O) groups is 4. The third-order valence-electron chi connectivity index (χ3n) is 11.3. The first-order valence-corrected chi connectivity index (χ1v) is 25.5. The van der Waals surface area contributed by atoms with Crippen molar-refractivity contribution < 1.29 is 38.1 Å². The molecule has 2 heterocycles. The van der Waals surface area contributed by atoms with Crippen LogP contribution in [-0.2, 0) is 22.3 Å². The van der Waals surface area contributed by atoms with E-state index in [1.165, 1.54) is 0 Å². The first kappa shape index (κ1) is 59.2. The third kappa shape index (κ3) is 21.7. The topological polar surface area (TPSA) is 410 Å². The van der Waals surface area contributed by atoms with Gasteiger partial charge in [-0.25, -0.2) is 29.5 Å². The maximum Gasteiger partial charge on any atom is 0.315 e. The minimum absolute atomic E-state index is 0.0176. The molecule has 0 unspecified atom stereocenters. The van der Waals surface area contributed by atoms with Gasteiger partial charge in [0.25, 0.3) is 11.8 Å². The van der Waals surface area contributed by atoms with Gasteiger partial charge in [0.1, 0.15) is 24.7 Å². The molecule has 2 aromatic heterocycles. The summed E-state index contributed by atoms with van der Waals surface area (Å²) in [7, 11) is 0. The number of guanidine groups is 2. The molecule has 76 heavy (non-hydrogen) atoms. The molecular formula is C48H68Cl2N18O8. The zero-order chi connectivity index (χ0) is 54.7. The fourth-order valence-corrected chi connectivity index (χ4v) is 7.66. The van der Waals surface area contributed by atoms with E-state index in [-0.39, 0.29) is 81.0 Å². The second-order valence-electron chi connectivity index (χ2n) is 17.2. The summed E-state index contributed by atoms with van der Waals surface area (Å²) in [4.78, 5) is 73.2. The lowest BCUT2D eigenvalue weighted by atomic mass is 9.91. The largest absolute Gasteiger partial charge is 0.491 e. The maximum atomic E-state index is 12.5. The summed E-state index contributed by atoms with van der Waals surface area (Å²) >= 11 is 11.7. The number of halogens is 2. The molecule has 2 aromatic carbocycles. The normalized spacial score (nSPS) is 14.6. The van der Waals surface area contributed by atoms with E-state index in [9.17, 15) is 19.2 Å². The molecule has 0 bridgehead atoms. The summed E-state index contributed by atoms with van der Waals surface area (Å²) in [6, 6.07) is 15.1. The number of aromatic nitrogens is 4. The summed E-state index contributed by atoms with van der Waals surface area (Å²) < 4.78 is 22.8. The molecule has 1 fully saturated rings. The molecule has 18 N–H and O–H groups in total. The number of anilines is 4. The molecule has 28 heteroatoms. The number of nitrogens with two attached hydrogens (primary N) is 6. The molecule has 26 nitrogen and oxygen atoms in total. The molecule has 1 saturated carbocycles. The van der Waals surface area contributed by atoms with Crippen molar-refractivity contribution in [2.45, 2.75) is 76.3 Å². The van der Waals surface area contributed by atoms with Crippen molar-refractivity contribution in [3.8, 4) is 11.5 Å². The highest BCUT2D eigenvalue weighted by atomic mass is 35.5. The van der Waals surface area contributed by atoms with Crippen molar-refractivity contribution in [1.82, 2.24) is 51.8 Å². The molecular weight excluding hydrogens is 1030 g/mol. The van der Waals surface area contributed by atoms with Gasteiger partial charge in [-0.2, -0.15) is 0 Å². The zero-order valence-electron chi connectivity index (χ0n) is 42.1. The van der Waals surface area contributed by atoms with Crippen LogP contribution in [0.15, 0.2) is 58.5 Å². The minimum atomic E-state index is -0.689. The third-order valence-corrected chi connectivity index (χ3v) is 11.9. The van der Waals surface area contributed by atoms with Crippen LogP contribution in [0.1, 0.15) is 83.5 Å². The molecule has 0 aliphatic heterocycles. The lowest BCUT2D eigenvalue weighted by Crippen LogP contribution is -2.49. The highest BCUT2D eigenvalue weighted by Crippen LogP contribution is 2.21. The fraction of sp³-hybridized carbons (Fsp3) is 0.458. The first-order chi connectivity index (χ1) is 36.6. The van der Waals surface area contributed by atoms with E-state index in [0.717, 1.165) is 86.8 Å². The average Bonchev–Trinajstić information content (AvgIpc) is 3.39. The SMILES string of the molecule is NC(=NCCCCc1ccc(OCCOCCNC(=O)NC2CCC(NC(=O)NCCOCCOc3ccc(CCCCN=C(N)NC(=O)c4nc(Cl)c(N)nc4N)cc3)CC2)cc1)NC(=O)c1nc(Cl)c(N)nc1N. The van der Waals surface area contributed by atoms with Crippen LogP contribution in [0.25, 0.3) is 0 Å². The van der Waals surface area contributed by atoms with Crippen LogP contribution in [0, 0.1) is 0 Å². The van der Waals surface area contributed by atoms with Crippen molar-refractivity contribution in [2.24, 2.45) is 21.5 Å². The van der Waals surface area contributed by atoms with Gasteiger partial charge in [0.15, 0.2) is 56.9 Å². The Kier molecular flexibility index (Phi) is 24.9. The van der Waals surface area contributed by atoms with Crippen molar-refractivity contribution in [3.63, 3.8) is 0 Å². The van der Waals surface area contributed by atoms with Crippen LogP contribution in [0.3, 0.4) is 0 Å². The summed E-state index contributed by atoms with van der Waals surface area (Å²) in [6.07, 6.45) is 7.82. The predicted molar refractivity (Wildman–Crippen MR) is 290 cm³/mol. The van der Waals surface area contributed by atoms with Gasteiger partial charge in [0.2, 0.25) is 0 Å². The van der Waals surface area contributed by atoms with Crippen LogP contribution in [0.5, 0.6) is 11.5 Å². The van der Waals surface area contributed by atoms with Gasteiger partial charge in [-0.15, -0.1) is 0 Å². The van der Waals surface area contributed by atoms with E-state index in [1.807, 2.05) is 48.5 Å². The van der Waals surface area contributed by atoms with E-state index in [0.29, 0.717) is 65.8 Å². The van der Waals surface area contributed by atoms with E-state index in [1.54, 1.807) is 0 Å². The fourth-order valence-electron chi connectivity index (χ4n) is 7.40. The Hall–Kier alpha value is -7.68. The molecule has 1 aliphatic rings.